The van der Waals surface area contributed by atoms with Crippen molar-refractivity contribution in [3.63, 3.8) is 0 Å². The molecule has 1 aliphatic rings. The third-order valence-corrected chi connectivity index (χ3v) is 9.40. The third-order valence-electron chi connectivity index (χ3n) is 7.09. The lowest BCUT2D eigenvalue weighted by Gasteiger charge is -2.33. The van der Waals surface area contributed by atoms with Gasteiger partial charge in [-0.3, -0.25) is 9.59 Å². The fraction of sp³-hybridized carbons (Fsp3) is 0.333. The fourth-order valence-electron chi connectivity index (χ4n) is 4.91. The number of rotatable bonds is 11. The molecule has 3 aromatic rings. The first-order valence-corrected chi connectivity index (χ1v) is 15.4. The van der Waals surface area contributed by atoms with Crippen LogP contribution >= 0.6 is 23.2 Å². The Morgan fingerprint density at radius 3 is 2.20 bits per heavy atom. The van der Waals surface area contributed by atoms with Crippen LogP contribution in [-0.4, -0.2) is 55.1 Å². The molecule has 1 aliphatic carbocycles. The molecule has 40 heavy (non-hydrogen) atoms. The molecule has 1 atom stereocenters. The SMILES string of the molecule is CN(CC(=O)N(Cc1cccc(Cl)c1)[C@@H](Cc1ccccc1)C(=O)NC1CCCC1)S(=O)(=O)c1ccc(Cl)cc1. The molecule has 0 radical (unpaired) electrons. The van der Waals surface area contributed by atoms with Crippen LogP contribution in [0.3, 0.4) is 0 Å². The van der Waals surface area contributed by atoms with Crippen LogP contribution in [0.5, 0.6) is 0 Å². The van der Waals surface area contributed by atoms with Gasteiger partial charge in [-0.15, -0.1) is 0 Å². The number of nitrogens with zero attached hydrogens (tertiary/aromatic N) is 2. The summed E-state index contributed by atoms with van der Waals surface area (Å²) in [6, 6.07) is 21.5. The normalized spacial score (nSPS) is 14.7. The second-order valence-corrected chi connectivity index (χ2v) is 13.0. The Balaban J connectivity index is 1.66. The fourth-order valence-corrected chi connectivity index (χ4v) is 6.37. The first-order valence-electron chi connectivity index (χ1n) is 13.2. The molecule has 7 nitrogen and oxygen atoms in total. The van der Waals surface area contributed by atoms with Gasteiger partial charge in [0.1, 0.15) is 6.04 Å². The Kier molecular flexibility index (Phi) is 10.2. The molecule has 0 saturated heterocycles. The van der Waals surface area contributed by atoms with E-state index < -0.39 is 28.5 Å². The lowest BCUT2D eigenvalue weighted by molar-refractivity contribution is -0.141. The van der Waals surface area contributed by atoms with E-state index in [-0.39, 0.29) is 29.8 Å². The highest BCUT2D eigenvalue weighted by Crippen LogP contribution is 2.22. The number of hydrogen-bond donors (Lipinski definition) is 1. The minimum absolute atomic E-state index is 0.0217. The Morgan fingerprint density at radius 2 is 1.55 bits per heavy atom. The van der Waals surface area contributed by atoms with Gasteiger partial charge in [0.05, 0.1) is 11.4 Å². The highest BCUT2D eigenvalue weighted by Gasteiger charge is 2.34. The van der Waals surface area contributed by atoms with Crippen LogP contribution in [0.4, 0.5) is 0 Å². The zero-order valence-corrected chi connectivity index (χ0v) is 24.6. The summed E-state index contributed by atoms with van der Waals surface area (Å²) < 4.78 is 27.5. The summed E-state index contributed by atoms with van der Waals surface area (Å²) in [5.41, 5.74) is 1.62. The predicted octanol–water partition coefficient (Wildman–Crippen LogP) is 5.31. The van der Waals surface area contributed by atoms with Crippen LogP contribution in [0.25, 0.3) is 0 Å². The molecule has 212 valence electrons. The maximum absolute atomic E-state index is 13.9. The van der Waals surface area contributed by atoms with Gasteiger partial charge in [0.2, 0.25) is 21.8 Å². The van der Waals surface area contributed by atoms with Gasteiger partial charge >= 0.3 is 0 Å². The second kappa shape index (κ2) is 13.6. The van der Waals surface area contributed by atoms with Crippen LogP contribution in [0.2, 0.25) is 10.0 Å². The zero-order chi connectivity index (χ0) is 28.7. The number of hydrogen-bond acceptors (Lipinski definition) is 4. The summed E-state index contributed by atoms with van der Waals surface area (Å²) in [5, 5.41) is 4.05. The molecule has 0 aliphatic heterocycles. The van der Waals surface area contributed by atoms with E-state index in [0.717, 1.165) is 41.1 Å². The Bertz CT molecular complexity index is 1410. The molecule has 2 amide bonds. The zero-order valence-electron chi connectivity index (χ0n) is 22.3. The van der Waals surface area contributed by atoms with Gasteiger partial charge in [0.15, 0.2) is 0 Å². The quantitative estimate of drug-likeness (QED) is 0.322. The highest BCUT2D eigenvalue weighted by molar-refractivity contribution is 7.89. The van der Waals surface area contributed by atoms with Crippen LogP contribution in [0, 0.1) is 0 Å². The number of benzene rings is 3. The molecule has 3 aromatic carbocycles. The molecular weight excluding hydrogens is 569 g/mol. The number of amides is 2. The summed E-state index contributed by atoms with van der Waals surface area (Å²) >= 11 is 12.2. The minimum Gasteiger partial charge on any atom is -0.352 e. The smallest absolute Gasteiger partial charge is 0.243 e. The van der Waals surface area contributed by atoms with Crippen molar-refractivity contribution in [2.24, 2.45) is 0 Å². The van der Waals surface area contributed by atoms with E-state index in [4.69, 9.17) is 23.2 Å². The van der Waals surface area contributed by atoms with Gasteiger partial charge < -0.3 is 10.2 Å². The van der Waals surface area contributed by atoms with E-state index in [1.54, 1.807) is 18.2 Å². The molecule has 1 fully saturated rings. The summed E-state index contributed by atoms with van der Waals surface area (Å²) in [6.45, 7) is -0.364. The van der Waals surface area contributed by atoms with Crippen molar-refractivity contribution in [3.8, 4) is 0 Å². The summed E-state index contributed by atoms with van der Waals surface area (Å²) in [4.78, 5) is 29.2. The maximum atomic E-state index is 13.9. The minimum atomic E-state index is -3.98. The van der Waals surface area contributed by atoms with Gasteiger partial charge in [-0.25, -0.2) is 8.42 Å². The molecule has 0 spiro atoms. The van der Waals surface area contributed by atoms with Crippen molar-refractivity contribution >= 4 is 45.0 Å². The number of halogens is 2. The standard InChI is InChI=1S/C30H33Cl2N3O4S/c1-34(40(38,39)27-16-14-24(31)15-17-27)21-29(36)35(20-23-10-7-11-25(32)18-23)28(19-22-8-3-2-4-9-22)30(37)33-26-12-5-6-13-26/h2-4,7-11,14-18,26,28H,5-6,12-13,19-21H2,1H3,(H,33,37)/t28-/m0/s1. The first-order chi connectivity index (χ1) is 19.1. The molecule has 1 N–H and O–H groups in total. The van der Waals surface area contributed by atoms with Crippen molar-refractivity contribution in [3.05, 3.63) is 100 Å². The third kappa shape index (κ3) is 7.85. The summed E-state index contributed by atoms with van der Waals surface area (Å²) in [6.07, 6.45) is 4.17. The highest BCUT2D eigenvalue weighted by atomic mass is 35.5. The molecule has 10 heteroatoms. The monoisotopic (exact) mass is 601 g/mol. The largest absolute Gasteiger partial charge is 0.352 e. The predicted molar refractivity (Wildman–Crippen MR) is 158 cm³/mol. The Hall–Kier alpha value is -2.91. The second-order valence-electron chi connectivity index (χ2n) is 10.1. The Labute approximate surface area is 246 Å². The van der Waals surface area contributed by atoms with Crippen molar-refractivity contribution in [1.82, 2.24) is 14.5 Å². The molecule has 0 unspecified atom stereocenters. The number of nitrogens with one attached hydrogen (secondary N) is 1. The van der Waals surface area contributed by atoms with Crippen molar-refractivity contribution in [1.29, 1.82) is 0 Å². The van der Waals surface area contributed by atoms with E-state index in [1.165, 1.54) is 36.2 Å². The molecular formula is C30H33Cl2N3O4S. The average molecular weight is 603 g/mol. The lowest BCUT2D eigenvalue weighted by Crippen LogP contribution is -2.54. The number of carbonyl (C=O) groups is 2. The van der Waals surface area contributed by atoms with E-state index >= 15 is 0 Å². The van der Waals surface area contributed by atoms with E-state index in [2.05, 4.69) is 5.32 Å². The topological polar surface area (TPSA) is 86.8 Å². The van der Waals surface area contributed by atoms with Crippen molar-refractivity contribution in [2.75, 3.05) is 13.6 Å². The number of likely N-dealkylation sites (N-methyl/N-ethyl adjacent to an activating group) is 1. The molecule has 0 heterocycles. The summed E-state index contributed by atoms with van der Waals surface area (Å²) in [5.74, 6) is -0.753. The molecule has 0 aromatic heterocycles. The van der Waals surface area contributed by atoms with Gasteiger partial charge in [0.25, 0.3) is 0 Å². The van der Waals surface area contributed by atoms with Gasteiger partial charge in [-0.1, -0.05) is 78.5 Å². The molecule has 0 bridgehead atoms. The number of carbonyl (C=O) groups excluding carboxylic acids is 2. The molecule has 1 saturated carbocycles. The van der Waals surface area contributed by atoms with E-state index in [1.807, 2.05) is 36.4 Å². The van der Waals surface area contributed by atoms with Gasteiger partial charge in [-0.2, -0.15) is 4.31 Å². The van der Waals surface area contributed by atoms with Crippen LogP contribution < -0.4 is 5.32 Å². The van der Waals surface area contributed by atoms with Crippen molar-refractivity contribution in [2.45, 2.75) is 55.6 Å². The van der Waals surface area contributed by atoms with Crippen LogP contribution in [-0.2, 0) is 32.6 Å². The first kappa shape index (κ1) is 30.1. The average Bonchev–Trinajstić information content (AvgIpc) is 3.44. The number of sulfonamides is 1. The van der Waals surface area contributed by atoms with Crippen LogP contribution in [0.1, 0.15) is 36.8 Å². The van der Waals surface area contributed by atoms with E-state index in [0.29, 0.717) is 10.0 Å². The van der Waals surface area contributed by atoms with Gasteiger partial charge in [-0.05, 0) is 60.4 Å². The maximum Gasteiger partial charge on any atom is 0.243 e. The van der Waals surface area contributed by atoms with Gasteiger partial charge in [0, 0.05) is 36.1 Å². The lowest BCUT2D eigenvalue weighted by atomic mass is 10.0. The van der Waals surface area contributed by atoms with E-state index in [9.17, 15) is 18.0 Å². The molecule has 4 rings (SSSR count). The summed E-state index contributed by atoms with van der Waals surface area (Å²) in [7, 11) is -2.63. The van der Waals surface area contributed by atoms with Crippen LogP contribution in [0.15, 0.2) is 83.8 Å². The van der Waals surface area contributed by atoms with Crippen molar-refractivity contribution < 1.29 is 18.0 Å². The Morgan fingerprint density at radius 1 is 0.900 bits per heavy atom.